The molecule has 1 heterocycles. The van der Waals surface area contributed by atoms with Crippen LogP contribution in [-0.4, -0.2) is 35.4 Å². The summed E-state index contributed by atoms with van der Waals surface area (Å²) in [5.74, 6) is -0.658. The zero-order chi connectivity index (χ0) is 16.6. The molecule has 0 bridgehead atoms. The van der Waals surface area contributed by atoms with Gasteiger partial charge in [-0.3, -0.25) is 10.0 Å². The molecule has 1 unspecified atom stereocenters. The highest BCUT2D eigenvalue weighted by atomic mass is 32.2. The fourth-order valence-corrected chi connectivity index (χ4v) is 4.05. The predicted molar refractivity (Wildman–Crippen MR) is 82.9 cm³/mol. The Morgan fingerprint density at radius 2 is 1.65 bits per heavy atom. The van der Waals surface area contributed by atoms with Crippen LogP contribution in [0, 0.1) is 6.92 Å². The lowest BCUT2D eigenvalue weighted by molar-refractivity contribution is -0.167. The molecule has 0 saturated carbocycles. The standard InChI is InChI=1S/C16H16N2O4S/c1-12-7-9-14(10-8-12)23(21,22)17-11-15(19)18(20)16(17)13-5-3-2-4-6-13/h2-10,16,20H,11H2,1H3. The van der Waals surface area contributed by atoms with E-state index >= 15 is 0 Å². The first-order chi connectivity index (χ1) is 10.9. The van der Waals surface area contributed by atoms with Gasteiger partial charge in [0, 0.05) is 0 Å². The number of carbonyl (C=O) groups is 1. The second kappa shape index (κ2) is 5.77. The summed E-state index contributed by atoms with van der Waals surface area (Å²) in [4.78, 5) is 12.0. The van der Waals surface area contributed by atoms with Crippen molar-refractivity contribution < 1.29 is 18.4 Å². The molecule has 1 saturated heterocycles. The number of hydroxylamine groups is 2. The summed E-state index contributed by atoms with van der Waals surface area (Å²) < 4.78 is 26.7. The van der Waals surface area contributed by atoms with Gasteiger partial charge in [0.2, 0.25) is 10.0 Å². The van der Waals surface area contributed by atoms with Gasteiger partial charge in [-0.1, -0.05) is 48.0 Å². The third-order valence-corrected chi connectivity index (χ3v) is 5.59. The molecule has 1 amide bonds. The molecule has 1 atom stereocenters. The lowest BCUT2D eigenvalue weighted by Crippen LogP contribution is -2.34. The van der Waals surface area contributed by atoms with Crippen LogP contribution in [0.2, 0.25) is 0 Å². The number of sulfonamides is 1. The molecular formula is C16H16N2O4S. The van der Waals surface area contributed by atoms with Crippen LogP contribution in [0.5, 0.6) is 0 Å². The number of carbonyl (C=O) groups excluding carboxylic acids is 1. The molecule has 1 aliphatic heterocycles. The first-order valence-electron chi connectivity index (χ1n) is 7.05. The van der Waals surface area contributed by atoms with E-state index in [2.05, 4.69) is 0 Å². The van der Waals surface area contributed by atoms with E-state index in [0.717, 1.165) is 9.87 Å². The molecule has 0 spiro atoms. The molecule has 3 rings (SSSR count). The van der Waals surface area contributed by atoms with Crippen molar-refractivity contribution in [3.63, 3.8) is 0 Å². The quantitative estimate of drug-likeness (QED) is 0.871. The van der Waals surface area contributed by atoms with Crippen molar-refractivity contribution in [3.05, 3.63) is 65.7 Å². The average Bonchev–Trinajstić information content (AvgIpc) is 2.85. The Morgan fingerprint density at radius 3 is 2.26 bits per heavy atom. The Labute approximate surface area is 134 Å². The van der Waals surface area contributed by atoms with Crippen LogP contribution in [-0.2, 0) is 14.8 Å². The number of amides is 1. The largest absolute Gasteiger partial charge is 0.284 e. The molecule has 6 nitrogen and oxygen atoms in total. The molecule has 0 aliphatic carbocycles. The average molecular weight is 332 g/mol. The highest BCUT2D eigenvalue weighted by Gasteiger charge is 2.45. The smallest absolute Gasteiger partial charge is 0.263 e. The van der Waals surface area contributed by atoms with E-state index < -0.39 is 28.6 Å². The Kier molecular flexibility index (Phi) is 3.93. The van der Waals surface area contributed by atoms with Crippen molar-refractivity contribution in [2.45, 2.75) is 18.0 Å². The number of hydrogen-bond acceptors (Lipinski definition) is 4. The van der Waals surface area contributed by atoms with Crippen LogP contribution in [0.15, 0.2) is 59.5 Å². The number of nitrogens with zero attached hydrogens (tertiary/aromatic N) is 2. The summed E-state index contributed by atoms with van der Waals surface area (Å²) in [7, 11) is -3.91. The number of rotatable bonds is 3. The summed E-state index contributed by atoms with van der Waals surface area (Å²) in [5, 5.41) is 10.5. The maximum atomic E-state index is 12.9. The van der Waals surface area contributed by atoms with Crippen LogP contribution in [0.1, 0.15) is 17.3 Å². The van der Waals surface area contributed by atoms with Crippen molar-refractivity contribution in [1.82, 2.24) is 9.37 Å². The fourth-order valence-electron chi connectivity index (χ4n) is 2.55. The van der Waals surface area contributed by atoms with Gasteiger partial charge in [0.1, 0.15) is 0 Å². The van der Waals surface area contributed by atoms with Crippen molar-refractivity contribution in [1.29, 1.82) is 0 Å². The van der Waals surface area contributed by atoms with Crippen molar-refractivity contribution in [3.8, 4) is 0 Å². The maximum Gasteiger partial charge on any atom is 0.263 e. The summed E-state index contributed by atoms with van der Waals surface area (Å²) in [6.07, 6.45) is -1.06. The van der Waals surface area contributed by atoms with Crippen molar-refractivity contribution in [2.75, 3.05) is 6.54 Å². The van der Waals surface area contributed by atoms with Gasteiger partial charge in [-0.15, -0.1) is 0 Å². The highest BCUT2D eigenvalue weighted by Crippen LogP contribution is 2.34. The van der Waals surface area contributed by atoms with Crippen molar-refractivity contribution in [2.24, 2.45) is 0 Å². The lowest BCUT2D eigenvalue weighted by Gasteiger charge is -2.25. The molecule has 7 heteroatoms. The number of aryl methyl sites for hydroxylation is 1. The minimum atomic E-state index is -3.91. The first-order valence-corrected chi connectivity index (χ1v) is 8.49. The van der Waals surface area contributed by atoms with Crippen LogP contribution >= 0.6 is 0 Å². The SMILES string of the molecule is Cc1ccc(S(=O)(=O)N2CC(=O)N(O)C2c2ccccc2)cc1. The molecule has 1 fully saturated rings. The molecular weight excluding hydrogens is 316 g/mol. The highest BCUT2D eigenvalue weighted by molar-refractivity contribution is 7.89. The molecule has 0 aromatic heterocycles. The maximum absolute atomic E-state index is 12.9. The third-order valence-electron chi connectivity index (χ3n) is 3.78. The molecule has 2 aromatic rings. The van der Waals surface area contributed by atoms with Gasteiger partial charge in [0.05, 0.1) is 11.4 Å². The van der Waals surface area contributed by atoms with Gasteiger partial charge >= 0.3 is 0 Å². The van der Waals surface area contributed by atoms with Gasteiger partial charge < -0.3 is 0 Å². The molecule has 23 heavy (non-hydrogen) atoms. The van der Waals surface area contributed by atoms with E-state index in [1.807, 2.05) is 6.92 Å². The van der Waals surface area contributed by atoms with Crippen LogP contribution in [0.4, 0.5) is 0 Å². The van der Waals surface area contributed by atoms with Gasteiger partial charge in [0.25, 0.3) is 5.91 Å². The zero-order valence-corrected chi connectivity index (χ0v) is 13.3. The van der Waals surface area contributed by atoms with Gasteiger partial charge in [0.15, 0.2) is 6.17 Å². The minimum Gasteiger partial charge on any atom is -0.284 e. The van der Waals surface area contributed by atoms with E-state index in [0.29, 0.717) is 10.6 Å². The minimum absolute atomic E-state index is 0.0899. The van der Waals surface area contributed by atoms with Crippen LogP contribution in [0.25, 0.3) is 0 Å². The number of hydrogen-bond donors (Lipinski definition) is 1. The number of benzene rings is 2. The summed E-state index contributed by atoms with van der Waals surface area (Å²) >= 11 is 0. The Morgan fingerprint density at radius 1 is 1.04 bits per heavy atom. The van der Waals surface area contributed by atoms with Crippen molar-refractivity contribution >= 4 is 15.9 Å². The van der Waals surface area contributed by atoms with E-state index in [-0.39, 0.29) is 4.90 Å². The molecule has 0 radical (unpaired) electrons. The summed E-state index contributed by atoms with van der Waals surface area (Å²) in [6, 6.07) is 15.0. The van der Waals surface area contributed by atoms with E-state index in [1.165, 1.54) is 12.1 Å². The van der Waals surface area contributed by atoms with Gasteiger partial charge in [-0.25, -0.2) is 8.42 Å². The Hall–Kier alpha value is -2.22. The Bertz CT molecular complexity index is 819. The van der Waals surface area contributed by atoms with Gasteiger partial charge in [-0.2, -0.15) is 9.37 Å². The molecule has 120 valence electrons. The van der Waals surface area contributed by atoms with E-state index in [9.17, 15) is 18.4 Å². The third kappa shape index (κ3) is 2.74. The monoisotopic (exact) mass is 332 g/mol. The fraction of sp³-hybridized carbons (Fsp3) is 0.188. The zero-order valence-electron chi connectivity index (χ0n) is 12.5. The van der Waals surface area contributed by atoms with E-state index in [1.54, 1.807) is 42.5 Å². The predicted octanol–water partition coefficient (Wildman–Crippen LogP) is 1.92. The van der Waals surface area contributed by atoms with E-state index in [4.69, 9.17) is 0 Å². The molecule has 1 aliphatic rings. The molecule has 2 aromatic carbocycles. The van der Waals surface area contributed by atoms with Crippen LogP contribution < -0.4 is 0 Å². The second-order valence-electron chi connectivity index (χ2n) is 5.39. The Balaban J connectivity index is 2.06. The first kappa shape index (κ1) is 15.7. The summed E-state index contributed by atoms with van der Waals surface area (Å²) in [5.41, 5.74) is 1.46. The normalized spacial score (nSPS) is 19.3. The topological polar surface area (TPSA) is 77.9 Å². The molecule has 1 N–H and O–H groups in total. The van der Waals surface area contributed by atoms with Gasteiger partial charge in [-0.05, 0) is 24.6 Å². The second-order valence-corrected chi connectivity index (χ2v) is 7.28. The van der Waals surface area contributed by atoms with Crippen LogP contribution in [0.3, 0.4) is 0 Å². The summed E-state index contributed by atoms with van der Waals surface area (Å²) in [6.45, 7) is 1.46. The lowest BCUT2D eigenvalue weighted by atomic mass is 10.2.